The van der Waals surface area contributed by atoms with Gasteiger partial charge in [-0.05, 0) is 123 Å². The van der Waals surface area contributed by atoms with Gasteiger partial charge in [-0.1, -0.05) is 33.3 Å². The summed E-state index contributed by atoms with van der Waals surface area (Å²) >= 11 is 0. The van der Waals surface area contributed by atoms with Crippen molar-refractivity contribution in [3.63, 3.8) is 0 Å². The molecule has 0 heterocycles. The minimum atomic E-state index is -4.77. The van der Waals surface area contributed by atoms with Gasteiger partial charge >= 0.3 is 20.8 Å². The first-order valence-electron chi connectivity index (χ1n) is 15.2. The number of hydrogen-bond donors (Lipinski definition) is 2. The van der Waals surface area contributed by atoms with Crippen molar-refractivity contribution in [1.29, 1.82) is 0 Å². The van der Waals surface area contributed by atoms with Gasteiger partial charge < -0.3 is 0 Å². The molecule has 41 heavy (non-hydrogen) atoms. The number of fused-ring (bicyclic) bond motifs is 2. The summed E-state index contributed by atoms with van der Waals surface area (Å²) in [6.07, 6.45) is 9.59. The number of allylic oxidation sites excluding steroid dienone is 2. The Bertz CT molecular complexity index is 1340. The summed E-state index contributed by atoms with van der Waals surface area (Å²) in [6.45, 7) is 12.5. The van der Waals surface area contributed by atoms with Gasteiger partial charge in [0.1, 0.15) is 0 Å². The number of carbonyl (C=O) groups excluding carboxylic acids is 1. The van der Waals surface area contributed by atoms with Gasteiger partial charge in [0.05, 0.1) is 12.7 Å². The highest BCUT2D eigenvalue weighted by molar-refractivity contribution is 7.81. The van der Waals surface area contributed by atoms with E-state index in [1.54, 1.807) is 13.0 Å². The van der Waals surface area contributed by atoms with E-state index in [1.165, 1.54) is 0 Å². The molecule has 0 bridgehead atoms. The first-order chi connectivity index (χ1) is 18.7. The Morgan fingerprint density at radius 3 is 2.12 bits per heavy atom. The van der Waals surface area contributed by atoms with Gasteiger partial charge in [0.2, 0.25) is 0 Å². The molecular weight excluding hydrogens is 568 g/mol. The number of rotatable bonds is 9. The Morgan fingerprint density at radius 2 is 1.51 bits per heavy atom. The number of ketones is 1. The molecule has 5 saturated carbocycles. The molecule has 2 N–H and O–H groups in total. The molecule has 9 nitrogen and oxygen atoms in total. The van der Waals surface area contributed by atoms with Crippen molar-refractivity contribution in [2.75, 3.05) is 6.61 Å². The molecule has 10 atom stereocenters. The Hall–Kier alpha value is -0.850. The second kappa shape index (κ2) is 9.83. The fourth-order valence-electron chi connectivity index (χ4n) is 11.7. The second-order valence-electron chi connectivity index (χ2n) is 15.3. The van der Waals surface area contributed by atoms with Crippen LogP contribution in [0.5, 0.6) is 0 Å². The molecular formula is C30H48O9S2. The summed E-state index contributed by atoms with van der Waals surface area (Å²) in [5, 5.41) is 0. The predicted molar refractivity (Wildman–Crippen MR) is 153 cm³/mol. The van der Waals surface area contributed by atoms with Crippen molar-refractivity contribution in [3.8, 4) is 0 Å². The first-order valence-corrected chi connectivity index (χ1v) is 17.9. The summed E-state index contributed by atoms with van der Waals surface area (Å²) in [7, 11) is -9.52. The zero-order valence-corrected chi connectivity index (χ0v) is 26.9. The van der Waals surface area contributed by atoms with E-state index in [4.69, 9.17) is 8.37 Å². The summed E-state index contributed by atoms with van der Waals surface area (Å²) in [4.78, 5) is 12.7. The van der Waals surface area contributed by atoms with Crippen molar-refractivity contribution < 1.29 is 39.1 Å². The van der Waals surface area contributed by atoms with Crippen molar-refractivity contribution in [2.45, 2.75) is 112 Å². The highest BCUT2D eigenvalue weighted by Gasteiger charge is 2.82. The van der Waals surface area contributed by atoms with Crippen LogP contribution in [0.4, 0.5) is 0 Å². The van der Waals surface area contributed by atoms with Crippen LogP contribution in [0.15, 0.2) is 11.6 Å². The average molecular weight is 617 g/mol. The topological polar surface area (TPSA) is 144 Å². The van der Waals surface area contributed by atoms with Gasteiger partial charge in [0.15, 0.2) is 5.78 Å². The normalized spacial score (nSPS) is 46.0. The van der Waals surface area contributed by atoms with E-state index >= 15 is 0 Å². The maximum atomic E-state index is 12.7. The van der Waals surface area contributed by atoms with Crippen LogP contribution in [-0.2, 0) is 34.0 Å². The van der Waals surface area contributed by atoms with Crippen LogP contribution in [0.25, 0.3) is 0 Å². The third-order valence-corrected chi connectivity index (χ3v) is 14.2. The van der Waals surface area contributed by atoms with Crippen LogP contribution in [0.3, 0.4) is 0 Å². The Balaban J connectivity index is 1.44. The predicted octanol–water partition coefficient (Wildman–Crippen LogP) is 5.97. The molecule has 0 amide bonds. The van der Waals surface area contributed by atoms with E-state index in [-0.39, 0.29) is 33.4 Å². The fourth-order valence-corrected chi connectivity index (χ4v) is 12.7. The quantitative estimate of drug-likeness (QED) is 0.236. The van der Waals surface area contributed by atoms with Gasteiger partial charge in [0, 0.05) is 11.8 Å². The monoisotopic (exact) mass is 616 g/mol. The highest BCUT2D eigenvalue weighted by Crippen LogP contribution is 2.89. The largest absolute Gasteiger partial charge is 0.397 e. The molecule has 0 unspecified atom stereocenters. The number of hydrogen-bond acceptors (Lipinski definition) is 7. The zero-order valence-electron chi connectivity index (χ0n) is 25.3. The zero-order chi connectivity index (χ0) is 30.4. The third kappa shape index (κ3) is 4.89. The van der Waals surface area contributed by atoms with E-state index in [9.17, 15) is 30.7 Å². The molecule has 0 aromatic heterocycles. The molecule has 11 heteroatoms. The van der Waals surface area contributed by atoms with Crippen LogP contribution in [0.1, 0.15) is 106 Å². The Kier molecular flexibility index (Phi) is 7.57. The summed E-state index contributed by atoms with van der Waals surface area (Å²) < 4.78 is 75.7. The maximum Gasteiger partial charge on any atom is 0.397 e. The molecule has 0 aromatic carbocycles. The molecule has 5 rings (SSSR count). The standard InChI is InChI=1S/C30H48O9S2/c1-19(2)15-21(31)16-20(3)22-9-11-28(6)24-8-7-23-26(4,18-38-40(32,33)34)25(39-41(35,36)37)10-12-29(23)17-30(24,29)14-13-27(22,28)5/h15,20,22-25H,7-14,16-18H2,1-6H3,(H,32,33,34)(H,35,36,37)/t20-,22-,23+,24+,25+,26+,27-,28+,29-,30+/m1/s1. The molecule has 5 fully saturated rings. The van der Waals surface area contributed by atoms with E-state index in [2.05, 4.69) is 20.8 Å². The maximum absolute atomic E-state index is 12.7. The van der Waals surface area contributed by atoms with Gasteiger partial charge in [-0.3, -0.25) is 13.9 Å². The van der Waals surface area contributed by atoms with E-state index in [1.807, 2.05) is 13.8 Å². The second-order valence-corrected chi connectivity index (χ2v) is 17.4. The summed E-state index contributed by atoms with van der Waals surface area (Å²) in [5.41, 5.74) is 0.236. The molecule has 0 aliphatic heterocycles. The van der Waals surface area contributed by atoms with Gasteiger partial charge in [-0.15, -0.1) is 0 Å². The van der Waals surface area contributed by atoms with E-state index < -0.39 is 38.9 Å². The smallest absolute Gasteiger partial charge is 0.295 e. The van der Waals surface area contributed by atoms with E-state index in [0.717, 1.165) is 56.9 Å². The van der Waals surface area contributed by atoms with Crippen molar-refractivity contribution in [3.05, 3.63) is 11.6 Å². The van der Waals surface area contributed by atoms with Crippen LogP contribution in [0, 0.1) is 50.7 Å². The molecule has 5 aliphatic carbocycles. The summed E-state index contributed by atoms with van der Waals surface area (Å²) in [5.74, 6) is 1.40. The first kappa shape index (κ1) is 31.6. The SMILES string of the molecule is CC(C)=CC(=O)C[C@@H](C)[C@H]1CC[C@@]2(C)[C@@H]3CC[C@H]4[C@](C)(COS(=O)(=O)O)[C@@H](OS(=O)(=O)O)CC[C@@]45C[C@@]35CC[C@]12C. The fraction of sp³-hybridized carbons (Fsp3) is 0.900. The highest BCUT2D eigenvalue weighted by atomic mass is 32.3. The summed E-state index contributed by atoms with van der Waals surface area (Å²) in [6, 6.07) is 0. The lowest BCUT2D eigenvalue weighted by Gasteiger charge is -2.63. The third-order valence-electron chi connectivity index (χ3n) is 13.3. The minimum absolute atomic E-state index is 0.0701. The minimum Gasteiger partial charge on any atom is -0.295 e. The Morgan fingerprint density at radius 1 is 0.878 bits per heavy atom. The Labute approximate surface area is 246 Å². The van der Waals surface area contributed by atoms with Gasteiger partial charge in [-0.25, -0.2) is 8.37 Å². The average Bonchev–Trinajstić information content (AvgIpc) is 3.40. The van der Waals surface area contributed by atoms with Crippen LogP contribution < -0.4 is 0 Å². The van der Waals surface area contributed by atoms with Crippen LogP contribution >= 0.6 is 0 Å². The van der Waals surface area contributed by atoms with Crippen molar-refractivity contribution >= 4 is 26.6 Å². The number of carbonyl (C=O) groups is 1. The van der Waals surface area contributed by atoms with Crippen molar-refractivity contribution in [2.24, 2.45) is 50.7 Å². The van der Waals surface area contributed by atoms with Crippen molar-refractivity contribution in [1.82, 2.24) is 0 Å². The lowest BCUT2D eigenvalue weighted by molar-refractivity contribution is -0.168. The lowest BCUT2D eigenvalue weighted by atomic mass is 9.41. The molecule has 5 aliphatic rings. The van der Waals surface area contributed by atoms with Gasteiger partial charge in [-0.2, -0.15) is 16.8 Å². The van der Waals surface area contributed by atoms with E-state index in [0.29, 0.717) is 30.6 Å². The molecule has 234 valence electrons. The molecule has 2 spiro atoms. The van der Waals surface area contributed by atoms with Crippen LogP contribution in [0.2, 0.25) is 0 Å². The lowest BCUT2D eigenvalue weighted by Crippen LogP contribution is -2.59. The van der Waals surface area contributed by atoms with Gasteiger partial charge in [0.25, 0.3) is 0 Å². The molecule has 0 radical (unpaired) electrons. The molecule has 0 saturated heterocycles. The molecule has 0 aromatic rings. The van der Waals surface area contributed by atoms with Crippen LogP contribution in [-0.4, -0.2) is 44.4 Å².